The molecule has 0 N–H and O–H groups in total. The van der Waals surface area contributed by atoms with Crippen LogP contribution in [0.5, 0.6) is 11.5 Å². The first kappa shape index (κ1) is 32.2. The lowest BCUT2D eigenvalue weighted by atomic mass is 9.82. The third-order valence-corrected chi connectivity index (χ3v) is 11.4. The highest BCUT2D eigenvalue weighted by Gasteiger charge is 2.26. The number of ether oxygens (including phenoxy) is 2. The molecule has 0 amide bonds. The molecule has 0 aliphatic carbocycles. The molecule has 240 valence electrons. The molecule has 0 aromatic heterocycles. The van der Waals surface area contributed by atoms with Crippen molar-refractivity contribution in [1.29, 1.82) is 0 Å². The molecule has 46 heavy (non-hydrogen) atoms. The van der Waals surface area contributed by atoms with E-state index in [1.54, 1.807) is 36.0 Å². The van der Waals surface area contributed by atoms with Crippen molar-refractivity contribution in [3.05, 3.63) is 114 Å². The van der Waals surface area contributed by atoms with Crippen molar-refractivity contribution < 1.29 is 22.7 Å². The number of ketones is 1. The van der Waals surface area contributed by atoms with E-state index in [0.717, 1.165) is 60.1 Å². The monoisotopic (exact) mass is 656 g/mol. The maximum atomic E-state index is 13.3. The smallest absolute Gasteiger partial charge is 0.231 e. The van der Waals surface area contributed by atoms with Crippen molar-refractivity contribution in [2.45, 2.75) is 49.6 Å². The van der Waals surface area contributed by atoms with Crippen LogP contribution >= 0.6 is 11.8 Å². The fourth-order valence-electron chi connectivity index (χ4n) is 5.76. The van der Waals surface area contributed by atoms with Gasteiger partial charge in [-0.15, -0.1) is 11.8 Å². The van der Waals surface area contributed by atoms with Crippen LogP contribution in [0.1, 0.15) is 48.2 Å². The number of anilines is 1. The SMILES string of the molecule is CC1(C)CCN(c2ccc(C(=O)CS(=O)(=O)c3ccc(CN(CSc4ccccc4)Cc4ccc5c(c4)OCO5)cc3)cc2)CC1. The van der Waals surface area contributed by atoms with E-state index in [2.05, 4.69) is 35.8 Å². The van der Waals surface area contributed by atoms with E-state index in [9.17, 15) is 13.2 Å². The summed E-state index contributed by atoms with van der Waals surface area (Å²) in [6, 6.07) is 30.5. The fraction of sp³-hybridized carbons (Fsp3) is 0.324. The lowest BCUT2D eigenvalue weighted by molar-refractivity contribution is 0.102. The summed E-state index contributed by atoms with van der Waals surface area (Å²) in [7, 11) is -3.80. The Labute approximate surface area is 276 Å². The Hall–Kier alpha value is -3.79. The van der Waals surface area contributed by atoms with Gasteiger partial charge in [-0.3, -0.25) is 9.69 Å². The Kier molecular flexibility index (Phi) is 9.73. The lowest BCUT2D eigenvalue weighted by Gasteiger charge is -2.38. The summed E-state index contributed by atoms with van der Waals surface area (Å²) in [5.74, 6) is 1.28. The minimum Gasteiger partial charge on any atom is -0.454 e. The molecule has 0 atom stereocenters. The van der Waals surface area contributed by atoms with Gasteiger partial charge >= 0.3 is 0 Å². The number of nitrogens with zero attached hydrogens (tertiary/aromatic N) is 2. The predicted molar refractivity (Wildman–Crippen MR) is 183 cm³/mol. The van der Waals surface area contributed by atoms with Crippen molar-refractivity contribution in [1.82, 2.24) is 4.90 Å². The molecule has 0 spiro atoms. The zero-order valence-electron chi connectivity index (χ0n) is 26.4. The molecule has 2 aliphatic rings. The number of benzene rings is 4. The lowest BCUT2D eigenvalue weighted by Crippen LogP contribution is -2.37. The van der Waals surface area contributed by atoms with Gasteiger partial charge in [-0.1, -0.05) is 50.2 Å². The molecule has 7 nitrogen and oxygen atoms in total. The number of hydrogen-bond acceptors (Lipinski definition) is 8. The number of rotatable bonds is 12. The van der Waals surface area contributed by atoms with E-state index in [4.69, 9.17) is 9.47 Å². The van der Waals surface area contributed by atoms with Gasteiger partial charge in [-0.25, -0.2) is 8.42 Å². The summed E-state index contributed by atoms with van der Waals surface area (Å²) < 4.78 is 37.6. The van der Waals surface area contributed by atoms with Gasteiger partial charge in [0.25, 0.3) is 0 Å². The Balaban J connectivity index is 1.09. The molecule has 0 saturated carbocycles. The molecule has 2 aliphatic heterocycles. The zero-order valence-corrected chi connectivity index (χ0v) is 28.0. The predicted octanol–water partition coefficient (Wildman–Crippen LogP) is 7.45. The van der Waals surface area contributed by atoms with Crippen LogP contribution in [-0.4, -0.2) is 50.6 Å². The molecule has 4 aromatic rings. The van der Waals surface area contributed by atoms with Crippen LogP contribution in [0.4, 0.5) is 5.69 Å². The number of carbonyl (C=O) groups excluding carboxylic acids is 1. The molecule has 1 saturated heterocycles. The first-order valence-electron chi connectivity index (χ1n) is 15.6. The zero-order chi connectivity index (χ0) is 32.1. The highest BCUT2D eigenvalue weighted by atomic mass is 32.2. The van der Waals surface area contributed by atoms with E-state index in [1.807, 2.05) is 60.7 Å². The van der Waals surface area contributed by atoms with Crippen molar-refractivity contribution >= 4 is 33.1 Å². The van der Waals surface area contributed by atoms with Crippen molar-refractivity contribution in [3.8, 4) is 11.5 Å². The molecule has 0 bridgehead atoms. The minimum absolute atomic E-state index is 0.151. The quantitative estimate of drug-likeness (QED) is 0.0885. The largest absolute Gasteiger partial charge is 0.454 e. The summed E-state index contributed by atoms with van der Waals surface area (Å²) in [5, 5.41) is 0. The second-order valence-corrected chi connectivity index (χ2v) is 15.8. The van der Waals surface area contributed by atoms with Crippen LogP contribution in [0.15, 0.2) is 107 Å². The van der Waals surface area contributed by atoms with Crippen LogP contribution in [0.25, 0.3) is 0 Å². The highest BCUT2D eigenvalue weighted by molar-refractivity contribution is 7.99. The van der Waals surface area contributed by atoms with Crippen LogP contribution in [0, 0.1) is 5.41 Å². The summed E-state index contributed by atoms with van der Waals surface area (Å²) in [6.07, 6.45) is 2.24. The Morgan fingerprint density at radius 3 is 2.20 bits per heavy atom. The van der Waals surface area contributed by atoms with Crippen molar-refractivity contribution in [2.75, 3.05) is 36.4 Å². The van der Waals surface area contributed by atoms with E-state index in [1.165, 1.54) is 4.90 Å². The molecule has 6 rings (SSSR count). The molecule has 2 heterocycles. The standard InChI is InChI=1S/C37H40N2O5S2/c1-37(2)18-20-39(21-19-37)31-13-11-30(12-14-31)34(40)25-46(41,42)33-15-8-28(9-16-33)23-38(26-45-32-6-4-3-5-7-32)24-29-10-17-35-36(22-29)44-27-43-35/h3-17,22H,18-21,23-27H2,1-2H3. The van der Waals surface area contributed by atoms with Gasteiger partial charge in [0.05, 0.1) is 4.90 Å². The number of carbonyl (C=O) groups is 1. The maximum absolute atomic E-state index is 13.3. The molecular weight excluding hydrogens is 617 g/mol. The molecule has 1 fully saturated rings. The minimum atomic E-state index is -3.80. The van der Waals surface area contributed by atoms with Crippen molar-refractivity contribution in [2.24, 2.45) is 5.41 Å². The fourth-order valence-corrected chi connectivity index (χ4v) is 7.85. The Morgan fingerprint density at radius 2 is 1.48 bits per heavy atom. The van der Waals surface area contributed by atoms with Crippen LogP contribution in [0.2, 0.25) is 0 Å². The summed E-state index contributed by atoms with van der Waals surface area (Å²) >= 11 is 1.75. The van der Waals surface area contributed by atoms with E-state index in [-0.39, 0.29) is 11.7 Å². The Morgan fingerprint density at radius 1 is 0.826 bits per heavy atom. The average molecular weight is 657 g/mol. The normalized spacial score (nSPS) is 15.7. The second kappa shape index (κ2) is 13.9. The second-order valence-electron chi connectivity index (χ2n) is 12.8. The summed E-state index contributed by atoms with van der Waals surface area (Å²) in [6.45, 7) is 8.08. The molecule has 9 heteroatoms. The van der Waals surface area contributed by atoms with Gasteiger partial charge in [0, 0.05) is 48.2 Å². The van der Waals surface area contributed by atoms with Crippen LogP contribution in [0.3, 0.4) is 0 Å². The number of Topliss-reactive ketones (excluding diaryl/α,β-unsaturated/α-hetero) is 1. The highest BCUT2D eigenvalue weighted by Crippen LogP contribution is 2.34. The van der Waals surface area contributed by atoms with Gasteiger partial charge in [0.15, 0.2) is 27.1 Å². The third-order valence-electron chi connectivity index (χ3n) is 8.68. The molecule has 0 radical (unpaired) electrons. The maximum Gasteiger partial charge on any atom is 0.231 e. The average Bonchev–Trinajstić information content (AvgIpc) is 3.52. The number of hydrogen-bond donors (Lipinski definition) is 0. The van der Waals surface area contributed by atoms with Gasteiger partial charge < -0.3 is 14.4 Å². The van der Waals surface area contributed by atoms with Gasteiger partial charge in [-0.2, -0.15) is 0 Å². The Bertz CT molecular complexity index is 1750. The number of thioether (sulfide) groups is 1. The van der Waals surface area contributed by atoms with Gasteiger partial charge in [0.1, 0.15) is 5.75 Å². The summed E-state index contributed by atoms with van der Waals surface area (Å²) in [5.41, 5.74) is 3.92. The van der Waals surface area contributed by atoms with Gasteiger partial charge in [0.2, 0.25) is 6.79 Å². The van der Waals surface area contributed by atoms with Crippen molar-refractivity contribution in [3.63, 3.8) is 0 Å². The number of piperidine rings is 1. The van der Waals surface area contributed by atoms with E-state index in [0.29, 0.717) is 24.1 Å². The first-order chi connectivity index (χ1) is 22.1. The molecule has 0 unspecified atom stereocenters. The third kappa shape index (κ3) is 8.13. The van der Waals surface area contributed by atoms with E-state index >= 15 is 0 Å². The molecule has 4 aromatic carbocycles. The van der Waals surface area contributed by atoms with Crippen LogP contribution in [-0.2, 0) is 22.9 Å². The van der Waals surface area contributed by atoms with Crippen LogP contribution < -0.4 is 14.4 Å². The first-order valence-corrected chi connectivity index (χ1v) is 18.3. The topological polar surface area (TPSA) is 76.2 Å². The number of sulfone groups is 1. The van der Waals surface area contributed by atoms with Gasteiger partial charge in [-0.05, 0) is 90.0 Å². The summed E-state index contributed by atoms with van der Waals surface area (Å²) in [4.78, 5) is 19.0. The molecular formula is C37H40N2O5S2. The van der Waals surface area contributed by atoms with E-state index < -0.39 is 21.4 Å². The number of fused-ring (bicyclic) bond motifs is 1.